The van der Waals surface area contributed by atoms with Gasteiger partial charge in [0.15, 0.2) is 5.82 Å². The molecule has 1 saturated carbocycles. The number of H-pyrrole nitrogens is 1. The molecule has 1 aromatic heterocycles. The van der Waals surface area contributed by atoms with E-state index in [1.54, 1.807) is 7.11 Å². The van der Waals surface area contributed by atoms with Gasteiger partial charge in [-0.3, -0.25) is 0 Å². The van der Waals surface area contributed by atoms with Gasteiger partial charge in [0.25, 0.3) is 0 Å². The average molecular weight is 183 g/mol. The number of nitrogens with zero attached hydrogens (tertiary/aromatic N) is 3. The Kier molecular flexibility index (Phi) is 2.51. The maximum Gasteiger partial charge on any atom is 0.188 e. The Bertz CT molecular complexity index is 243. The van der Waals surface area contributed by atoms with Crippen LogP contribution in [0, 0.1) is 0 Å². The van der Waals surface area contributed by atoms with Gasteiger partial charge in [-0.15, -0.1) is 10.2 Å². The third kappa shape index (κ3) is 2.02. The molecule has 0 unspecified atom stereocenters. The van der Waals surface area contributed by atoms with E-state index in [1.807, 2.05) is 0 Å². The molecule has 1 aromatic rings. The molecule has 1 fully saturated rings. The van der Waals surface area contributed by atoms with Gasteiger partial charge in [0.1, 0.15) is 0 Å². The van der Waals surface area contributed by atoms with Crippen molar-refractivity contribution < 1.29 is 4.74 Å². The van der Waals surface area contributed by atoms with Crippen molar-refractivity contribution >= 4 is 0 Å². The number of tetrazole rings is 1. The fraction of sp³-hybridized carbons (Fsp3) is 0.857. The molecular weight excluding hydrogens is 170 g/mol. The molecule has 6 heteroatoms. The lowest BCUT2D eigenvalue weighted by Crippen LogP contribution is -2.44. The van der Waals surface area contributed by atoms with Crippen molar-refractivity contribution in [2.45, 2.75) is 31.5 Å². The Morgan fingerprint density at radius 3 is 3.08 bits per heavy atom. The standard InChI is InChI=1S/C7H13N5O/c1-13-6-2-5(3-6)8-4-7-9-11-12-10-7/h5-6,8H,2-4H2,1H3,(H,9,10,11,12). The number of hydrogen-bond donors (Lipinski definition) is 2. The number of hydrogen-bond acceptors (Lipinski definition) is 5. The largest absolute Gasteiger partial charge is 0.381 e. The van der Waals surface area contributed by atoms with Gasteiger partial charge in [-0.2, -0.15) is 5.21 Å². The van der Waals surface area contributed by atoms with Gasteiger partial charge in [-0.1, -0.05) is 5.21 Å². The van der Waals surface area contributed by atoms with Crippen molar-refractivity contribution in [3.63, 3.8) is 0 Å². The maximum absolute atomic E-state index is 5.16. The number of nitrogens with one attached hydrogen (secondary N) is 2. The van der Waals surface area contributed by atoms with E-state index in [0.29, 0.717) is 24.5 Å². The van der Waals surface area contributed by atoms with Crippen LogP contribution in [0.4, 0.5) is 0 Å². The quantitative estimate of drug-likeness (QED) is 0.656. The molecule has 0 amide bonds. The fourth-order valence-electron chi connectivity index (χ4n) is 1.42. The monoisotopic (exact) mass is 183 g/mol. The second-order valence-electron chi connectivity index (χ2n) is 3.23. The second-order valence-corrected chi connectivity index (χ2v) is 3.23. The molecule has 2 N–H and O–H groups in total. The molecule has 0 spiro atoms. The summed E-state index contributed by atoms with van der Waals surface area (Å²) < 4.78 is 5.16. The zero-order valence-electron chi connectivity index (χ0n) is 7.53. The molecule has 1 heterocycles. The molecule has 6 nitrogen and oxygen atoms in total. The first kappa shape index (κ1) is 8.58. The Morgan fingerprint density at radius 2 is 2.46 bits per heavy atom. The smallest absolute Gasteiger partial charge is 0.188 e. The van der Waals surface area contributed by atoms with E-state index >= 15 is 0 Å². The zero-order chi connectivity index (χ0) is 9.10. The molecule has 0 bridgehead atoms. The topological polar surface area (TPSA) is 75.7 Å². The van der Waals surface area contributed by atoms with Crippen LogP contribution in [0.1, 0.15) is 18.7 Å². The number of ether oxygens (including phenoxy) is 1. The summed E-state index contributed by atoms with van der Waals surface area (Å²) in [6, 6.07) is 0.545. The molecule has 0 radical (unpaired) electrons. The highest BCUT2D eigenvalue weighted by molar-refractivity contribution is 4.87. The third-order valence-electron chi connectivity index (χ3n) is 2.37. The lowest BCUT2D eigenvalue weighted by atomic mass is 9.89. The molecule has 0 aliphatic heterocycles. The maximum atomic E-state index is 5.16. The van der Waals surface area contributed by atoms with E-state index in [1.165, 1.54) is 0 Å². The van der Waals surface area contributed by atoms with Crippen LogP contribution in [-0.4, -0.2) is 39.9 Å². The van der Waals surface area contributed by atoms with Crippen LogP contribution in [0.3, 0.4) is 0 Å². The summed E-state index contributed by atoms with van der Waals surface area (Å²) >= 11 is 0. The van der Waals surface area contributed by atoms with Crippen LogP contribution in [0.25, 0.3) is 0 Å². The van der Waals surface area contributed by atoms with Gasteiger partial charge in [-0.25, -0.2) is 0 Å². The zero-order valence-corrected chi connectivity index (χ0v) is 7.53. The van der Waals surface area contributed by atoms with Crippen molar-refractivity contribution in [3.8, 4) is 0 Å². The van der Waals surface area contributed by atoms with Crippen molar-refractivity contribution in [3.05, 3.63) is 5.82 Å². The number of rotatable bonds is 4. The minimum Gasteiger partial charge on any atom is -0.381 e. The lowest BCUT2D eigenvalue weighted by molar-refractivity contribution is 0.0168. The molecule has 72 valence electrons. The number of aromatic nitrogens is 4. The molecule has 2 rings (SSSR count). The van der Waals surface area contributed by atoms with Crippen LogP contribution in [0.5, 0.6) is 0 Å². The fourth-order valence-corrected chi connectivity index (χ4v) is 1.42. The first-order valence-electron chi connectivity index (χ1n) is 4.37. The van der Waals surface area contributed by atoms with Crippen molar-refractivity contribution in [1.82, 2.24) is 25.9 Å². The molecule has 1 aliphatic carbocycles. The Labute approximate surface area is 76.1 Å². The average Bonchev–Trinajstić information content (AvgIpc) is 2.54. The first-order chi connectivity index (χ1) is 6.38. The third-order valence-corrected chi connectivity index (χ3v) is 2.37. The molecule has 0 aromatic carbocycles. The summed E-state index contributed by atoms with van der Waals surface area (Å²) in [5.74, 6) is 0.709. The minimum atomic E-state index is 0.433. The van der Waals surface area contributed by atoms with E-state index in [0.717, 1.165) is 12.8 Å². The first-order valence-corrected chi connectivity index (χ1v) is 4.37. The molecule has 1 aliphatic rings. The van der Waals surface area contributed by atoms with Crippen molar-refractivity contribution in [1.29, 1.82) is 0 Å². The van der Waals surface area contributed by atoms with E-state index in [4.69, 9.17) is 4.74 Å². The SMILES string of the molecule is COC1CC(NCc2nn[nH]n2)C1. The molecule has 0 atom stereocenters. The van der Waals surface area contributed by atoms with Gasteiger partial charge < -0.3 is 10.1 Å². The summed E-state index contributed by atoms with van der Waals surface area (Å²) in [7, 11) is 1.75. The van der Waals surface area contributed by atoms with E-state index < -0.39 is 0 Å². The summed E-state index contributed by atoms with van der Waals surface area (Å²) in [5, 5.41) is 16.9. The summed E-state index contributed by atoms with van der Waals surface area (Å²) in [6.45, 7) is 0.678. The highest BCUT2D eigenvalue weighted by atomic mass is 16.5. The van der Waals surface area contributed by atoms with Crippen LogP contribution in [0.15, 0.2) is 0 Å². The highest BCUT2D eigenvalue weighted by Gasteiger charge is 2.28. The number of aromatic amines is 1. The normalized spacial score (nSPS) is 27.2. The Balaban J connectivity index is 1.65. The Morgan fingerprint density at radius 1 is 1.62 bits per heavy atom. The number of methoxy groups -OCH3 is 1. The molecular formula is C7H13N5O. The Hall–Kier alpha value is -1.01. The molecule has 0 saturated heterocycles. The van der Waals surface area contributed by atoms with Crippen LogP contribution < -0.4 is 5.32 Å². The van der Waals surface area contributed by atoms with Crippen LogP contribution >= 0.6 is 0 Å². The van der Waals surface area contributed by atoms with E-state index in [2.05, 4.69) is 25.9 Å². The van der Waals surface area contributed by atoms with Crippen LogP contribution in [0.2, 0.25) is 0 Å². The van der Waals surface area contributed by atoms with E-state index in [9.17, 15) is 0 Å². The summed E-state index contributed by atoms with van der Waals surface area (Å²) in [5.41, 5.74) is 0. The van der Waals surface area contributed by atoms with Crippen LogP contribution in [-0.2, 0) is 11.3 Å². The van der Waals surface area contributed by atoms with Crippen molar-refractivity contribution in [2.75, 3.05) is 7.11 Å². The van der Waals surface area contributed by atoms with Gasteiger partial charge in [-0.05, 0) is 12.8 Å². The highest BCUT2D eigenvalue weighted by Crippen LogP contribution is 2.22. The van der Waals surface area contributed by atoms with Gasteiger partial charge in [0, 0.05) is 13.2 Å². The van der Waals surface area contributed by atoms with Gasteiger partial charge in [0.2, 0.25) is 0 Å². The minimum absolute atomic E-state index is 0.433. The predicted octanol–water partition coefficient (Wildman–Crippen LogP) is -0.533. The van der Waals surface area contributed by atoms with Gasteiger partial charge in [0.05, 0.1) is 12.6 Å². The van der Waals surface area contributed by atoms with Gasteiger partial charge >= 0.3 is 0 Å². The van der Waals surface area contributed by atoms with E-state index in [-0.39, 0.29) is 0 Å². The predicted molar refractivity (Wildman–Crippen MR) is 44.8 cm³/mol. The summed E-state index contributed by atoms with van der Waals surface area (Å²) in [6.07, 6.45) is 2.59. The van der Waals surface area contributed by atoms with Crippen molar-refractivity contribution in [2.24, 2.45) is 0 Å². The second kappa shape index (κ2) is 3.80. The summed E-state index contributed by atoms with van der Waals surface area (Å²) in [4.78, 5) is 0. The lowest BCUT2D eigenvalue weighted by Gasteiger charge is -2.34. The molecule has 13 heavy (non-hydrogen) atoms.